The van der Waals surface area contributed by atoms with E-state index in [-0.39, 0.29) is 23.8 Å². The summed E-state index contributed by atoms with van der Waals surface area (Å²) in [4.78, 5) is 28.7. The van der Waals surface area contributed by atoms with Gasteiger partial charge < -0.3 is 10.6 Å². The summed E-state index contributed by atoms with van der Waals surface area (Å²) >= 11 is 7.47. The van der Waals surface area contributed by atoms with Crippen molar-refractivity contribution in [3.05, 3.63) is 21.3 Å². The number of carbonyl (C=O) groups is 2. The molecular formula is C15H22ClN3O2S. The summed E-state index contributed by atoms with van der Waals surface area (Å²) in [5.41, 5.74) is 5.32. The van der Waals surface area contributed by atoms with Gasteiger partial charge in [0.1, 0.15) is 0 Å². The first-order chi connectivity index (χ1) is 10.4. The molecule has 122 valence electrons. The Morgan fingerprint density at radius 1 is 1.45 bits per heavy atom. The number of carbonyl (C=O) groups excluding carboxylic acids is 2. The van der Waals surface area contributed by atoms with Gasteiger partial charge in [0.05, 0.1) is 10.4 Å². The maximum Gasteiger partial charge on any atom is 0.239 e. The van der Waals surface area contributed by atoms with Crippen LogP contribution in [0.4, 0.5) is 0 Å². The van der Waals surface area contributed by atoms with Gasteiger partial charge in [-0.25, -0.2) is 0 Å². The maximum atomic E-state index is 12.6. The maximum absolute atomic E-state index is 12.6. The van der Waals surface area contributed by atoms with E-state index < -0.39 is 0 Å². The Labute approximate surface area is 140 Å². The van der Waals surface area contributed by atoms with E-state index in [1.165, 1.54) is 11.3 Å². The first-order valence-corrected chi connectivity index (χ1v) is 8.60. The van der Waals surface area contributed by atoms with Crippen LogP contribution in [0.25, 0.3) is 0 Å². The van der Waals surface area contributed by atoms with Gasteiger partial charge in [-0.1, -0.05) is 11.6 Å². The zero-order valence-corrected chi connectivity index (χ0v) is 14.5. The predicted octanol–water partition coefficient (Wildman–Crippen LogP) is 1.95. The van der Waals surface area contributed by atoms with Crippen LogP contribution in [0.3, 0.4) is 0 Å². The molecule has 22 heavy (non-hydrogen) atoms. The van der Waals surface area contributed by atoms with Crippen molar-refractivity contribution in [2.45, 2.75) is 32.4 Å². The van der Waals surface area contributed by atoms with E-state index >= 15 is 0 Å². The topological polar surface area (TPSA) is 66.6 Å². The second-order valence-corrected chi connectivity index (χ2v) is 7.60. The molecule has 0 radical (unpaired) electrons. The molecule has 1 aromatic heterocycles. The van der Waals surface area contributed by atoms with Crippen LogP contribution in [0.15, 0.2) is 12.1 Å². The smallest absolute Gasteiger partial charge is 0.239 e. The zero-order valence-electron chi connectivity index (χ0n) is 12.9. The van der Waals surface area contributed by atoms with Gasteiger partial charge in [0, 0.05) is 30.4 Å². The molecule has 1 atom stereocenters. The van der Waals surface area contributed by atoms with Crippen LogP contribution in [-0.4, -0.2) is 47.8 Å². The summed E-state index contributed by atoms with van der Waals surface area (Å²) in [7, 11) is 1.94. The lowest BCUT2D eigenvalue weighted by Gasteiger charge is -2.34. The van der Waals surface area contributed by atoms with Crippen molar-refractivity contribution in [2.75, 3.05) is 20.1 Å². The van der Waals surface area contributed by atoms with E-state index in [0.29, 0.717) is 32.5 Å². The number of nitrogens with two attached hydrogens (primary N) is 1. The first-order valence-electron chi connectivity index (χ1n) is 7.41. The van der Waals surface area contributed by atoms with Crippen LogP contribution in [-0.2, 0) is 16.1 Å². The molecule has 2 N–H and O–H groups in total. The number of likely N-dealkylation sites (N-methyl/N-ethyl adjacent to an activating group) is 1. The summed E-state index contributed by atoms with van der Waals surface area (Å²) in [6, 6.07) is 3.65. The average Bonchev–Trinajstić information content (AvgIpc) is 2.90. The number of primary amides is 1. The van der Waals surface area contributed by atoms with Gasteiger partial charge in [-0.05, 0) is 38.9 Å². The lowest BCUT2D eigenvalue weighted by Crippen LogP contribution is -2.49. The van der Waals surface area contributed by atoms with Crippen molar-refractivity contribution in [3.63, 3.8) is 0 Å². The average molecular weight is 344 g/mol. The molecule has 1 aromatic rings. The molecule has 0 saturated carbocycles. The molecule has 0 aromatic carbocycles. The highest BCUT2D eigenvalue weighted by Crippen LogP contribution is 2.23. The monoisotopic (exact) mass is 343 g/mol. The Kier molecular flexibility index (Phi) is 5.83. The number of hydrogen-bond donors (Lipinski definition) is 1. The summed E-state index contributed by atoms with van der Waals surface area (Å²) in [5.74, 6) is -0.245. The van der Waals surface area contributed by atoms with E-state index in [1.807, 2.05) is 35.9 Å². The number of halogens is 1. The highest BCUT2D eigenvalue weighted by molar-refractivity contribution is 7.16. The van der Waals surface area contributed by atoms with Crippen molar-refractivity contribution in [3.8, 4) is 0 Å². The van der Waals surface area contributed by atoms with Crippen LogP contribution >= 0.6 is 22.9 Å². The van der Waals surface area contributed by atoms with Crippen LogP contribution in [0.1, 0.15) is 24.6 Å². The molecule has 7 heteroatoms. The van der Waals surface area contributed by atoms with E-state index in [4.69, 9.17) is 17.3 Å². The third-order valence-electron chi connectivity index (χ3n) is 4.26. The summed E-state index contributed by atoms with van der Waals surface area (Å²) < 4.78 is 0.760. The second-order valence-electron chi connectivity index (χ2n) is 5.80. The van der Waals surface area contributed by atoms with Crippen LogP contribution < -0.4 is 5.73 Å². The SMILES string of the molecule is C[C@H](C(=O)N1CCC(C(N)=O)CC1)N(C)Cc1ccc(Cl)s1. The van der Waals surface area contributed by atoms with Gasteiger partial charge in [-0.15, -0.1) is 11.3 Å². The minimum atomic E-state index is -0.258. The molecule has 0 unspecified atom stereocenters. The van der Waals surface area contributed by atoms with Gasteiger partial charge in [0.25, 0.3) is 0 Å². The first kappa shape index (κ1) is 17.2. The van der Waals surface area contributed by atoms with Crippen molar-refractivity contribution in [2.24, 2.45) is 11.7 Å². The number of piperidine rings is 1. The third kappa shape index (κ3) is 4.21. The Bertz CT molecular complexity index is 541. The molecule has 5 nitrogen and oxygen atoms in total. The highest BCUT2D eigenvalue weighted by Gasteiger charge is 2.29. The molecule has 0 spiro atoms. The number of nitrogens with zero attached hydrogens (tertiary/aromatic N) is 2. The summed E-state index contributed by atoms with van der Waals surface area (Å²) in [5, 5.41) is 0. The van der Waals surface area contributed by atoms with Crippen LogP contribution in [0.5, 0.6) is 0 Å². The molecule has 1 aliphatic heterocycles. The molecule has 2 heterocycles. The molecule has 2 amide bonds. The molecule has 0 bridgehead atoms. The molecule has 2 rings (SSSR count). The lowest BCUT2D eigenvalue weighted by molar-refractivity contribution is -0.139. The zero-order chi connectivity index (χ0) is 16.3. The number of amides is 2. The fraction of sp³-hybridized carbons (Fsp3) is 0.600. The standard InChI is InChI=1S/C15H22ClN3O2S/c1-10(18(2)9-12-3-4-13(16)22-12)15(21)19-7-5-11(6-8-19)14(17)20/h3-4,10-11H,5-9H2,1-2H3,(H2,17,20)/t10-/m1/s1. The number of thiophene rings is 1. The molecular weight excluding hydrogens is 322 g/mol. The fourth-order valence-electron chi connectivity index (χ4n) is 2.66. The van der Waals surface area contributed by atoms with Gasteiger partial charge in [0.15, 0.2) is 0 Å². The Balaban J connectivity index is 1.87. The highest BCUT2D eigenvalue weighted by atomic mass is 35.5. The minimum Gasteiger partial charge on any atom is -0.369 e. The fourth-order valence-corrected chi connectivity index (χ4v) is 3.81. The van der Waals surface area contributed by atoms with Crippen LogP contribution in [0, 0.1) is 5.92 Å². The van der Waals surface area contributed by atoms with Gasteiger partial charge >= 0.3 is 0 Å². The molecule has 1 fully saturated rings. The molecule has 0 aliphatic carbocycles. The Hall–Kier alpha value is -1.11. The normalized spacial score (nSPS) is 17.7. The third-order valence-corrected chi connectivity index (χ3v) is 5.48. The second kappa shape index (κ2) is 7.44. The van der Waals surface area contributed by atoms with Crippen molar-refractivity contribution >= 4 is 34.8 Å². The number of rotatable bonds is 5. The quantitative estimate of drug-likeness (QED) is 0.888. The molecule has 1 saturated heterocycles. The summed E-state index contributed by atoms with van der Waals surface area (Å²) in [6.45, 7) is 3.82. The van der Waals surface area contributed by atoms with Gasteiger partial charge in [-0.2, -0.15) is 0 Å². The number of hydrogen-bond acceptors (Lipinski definition) is 4. The van der Waals surface area contributed by atoms with Crippen molar-refractivity contribution < 1.29 is 9.59 Å². The largest absolute Gasteiger partial charge is 0.369 e. The Morgan fingerprint density at radius 3 is 2.59 bits per heavy atom. The van der Waals surface area contributed by atoms with Crippen LogP contribution in [0.2, 0.25) is 4.34 Å². The van der Waals surface area contributed by atoms with E-state index in [2.05, 4.69) is 0 Å². The van der Waals surface area contributed by atoms with E-state index in [1.54, 1.807) is 0 Å². The Morgan fingerprint density at radius 2 is 2.09 bits per heavy atom. The van der Waals surface area contributed by atoms with Gasteiger partial charge in [-0.3, -0.25) is 14.5 Å². The van der Waals surface area contributed by atoms with Gasteiger partial charge in [0.2, 0.25) is 11.8 Å². The lowest BCUT2D eigenvalue weighted by atomic mass is 9.96. The number of likely N-dealkylation sites (tertiary alicyclic amines) is 1. The van der Waals surface area contributed by atoms with Crippen molar-refractivity contribution in [1.82, 2.24) is 9.80 Å². The molecule has 1 aliphatic rings. The predicted molar refractivity (Wildman–Crippen MR) is 88.8 cm³/mol. The van der Waals surface area contributed by atoms with E-state index in [0.717, 1.165) is 9.21 Å². The minimum absolute atomic E-state index is 0.0923. The van der Waals surface area contributed by atoms with Crippen molar-refractivity contribution in [1.29, 1.82) is 0 Å². The summed E-state index contributed by atoms with van der Waals surface area (Å²) in [6.07, 6.45) is 1.33. The van der Waals surface area contributed by atoms with E-state index in [9.17, 15) is 9.59 Å².